The Bertz CT molecular complexity index is 118. The second-order valence-electron chi connectivity index (χ2n) is 1.57. The monoisotopic (exact) mass is 128 g/mol. The van der Waals surface area contributed by atoms with Gasteiger partial charge in [-0.3, -0.25) is 5.01 Å². The summed E-state index contributed by atoms with van der Waals surface area (Å²) in [7, 11) is 3.66. The van der Waals surface area contributed by atoms with Crippen molar-refractivity contribution in [2.75, 3.05) is 14.1 Å². The average molecular weight is 128 g/mol. The zero-order valence-corrected chi connectivity index (χ0v) is 6.05. The van der Waals surface area contributed by atoms with Crippen LogP contribution >= 0.6 is 0 Å². The van der Waals surface area contributed by atoms with E-state index >= 15 is 0 Å². The largest absolute Gasteiger partial charge is 0.298 e. The van der Waals surface area contributed by atoms with Gasteiger partial charge in [0.25, 0.3) is 0 Å². The highest BCUT2D eigenvalue weighted by Gasteiger charge is 1.92. The van der Waals surface area contributed by atoms with Crippen LogP contribution in [0.25, 0.3) is 0 Å². The Morgan fingerprint density at radius 1 is 1.67 bits per heavy atom. The van der Waals surface area contributed by atoms with Crippen molar-refractivity contribution in [3.05, 3.63) is 0 Å². The van der Waals surface area contributed by atoms with E-state index in [1.165, 1.54) is 0 Å². The SMILES string of the molecule is C=N/N=C(/C)N(C)NC. The summed E-state index contributed by atoms with van der Waals surface area (Å²) in [5.74, 6) is 0.785. The van der Waals surface area contributed by atoms with Crippen molar-refractivity contribution in [1.82, 2.24) is 10.4 Å². The van der Waals surface area contributed by atoms with Gasteiger partial charge in [-0.25, -0.2) is 5.43 Å². The van der Waals surface area contributed by atoms with Gasteiger partial charge in [-0.15, -0.1) is 5.10 Å². The minimum Gasteiger partial charge on any atom is -0.298 e. The van der Waals surface area contributed by atoms with Gasteiger partial charge in [-0.05, 0) is 6.92 Å². The third-order valence-corrected chi connectivity index (χ3v) is 1.04. The van der Waals surface area contributed by atoms with Crippen molar-refractivity contribution >= 4 is 12.6 Å². The van der Waals surface area contributed by atoms with Gasteiger partial charge in [0, 0.05) is 20.8 Å². The van der Waals surface area contributed by atoms with Crippen molar-refractivity contribution < 1.29 is 0 Å². The molecule has 52 valence electrons. The van der Waals surface area contributed by atoms with E-state index in [-0.39, 0.29) is 0 Å². The molecule has 1 N–H and O–H groups in total. The maximum Gasteiger partial charge on any atom is 0.138 e. The molecule has 4 nitrogen and oxygen atoms in total. The molecule has 9 heavy (non-hydrogen) atoms. The lowest BCUT2D eigenvalue weighted by Gasteiger charge is -2.14. The molecular formula is C5H12N4. The highest BCUT2D eigenvalue weighted by atomic mass is 15.5. The number of nitrogens with zero attached hydrogens (tertiary/aromatic N) is 3. The predicted octanol–water partition coefficient (Wildman–Crippen LogP) is 0.0866. The van der Waals surface area contributed by atoms with E-state index in [1.54, 1.807) is 5.01 Å². The summed E-state index contributed by atoms with van der Waals surface area (Å²) >= 11 is 0. The number of rotatable bonds is 2. The predicted molar refractivity (Wildman–Crippen MR) is 39.5 cm³/mol. The molecule has 0 aliphatic heterocycles. The number of hydrogen-bond donors (Lipinski definition) is 1. The van der Waals surface area contributed by atoms with Gasteiger partial charge in [0.1, 0.15) is 5.84 Å². The molecule has 0 heterocycles. The smallest absolute Gasteiger partial charge is 0.138 e. The maximum atomic E-state index is 3.69. The fraction of sp³-hybridized carbons (Fsp3) is 0.600. The highest BCUT2D eigenvalue weighted by Crippen LogP contribution is 1.80. The molecule has 0 aromatic rings. The van der Waals surface area contributed by atoms with E-state index in [1.807, 2.05) is 21.0 Å². The summed E-state index contributed by atoms with van der Waals surface area (Å²) in [5, 5.41) is 8.79. The average Bonchev–Trinajstić information content (AvgIpc) is 1.87. The molecule has 0 spiro atoms. The van der Waals surface area contributed by atoms with Crippen molar-refractivity contribution in [3.63, 3.8) is 0 Å². The van der Waals surface area contributed by atoms with Gasteiger partial charge in [-0.2, -0.15) is 5.10 Å². The Labute approximate surface area is 55.2 Å². The Balaban J connectivity index is 3.84. The minimum atomic E-state index is 0.785. The molecule has 0 amide bonds. The fourth-order valence-corrected chi connectivity index (χ4v) is 0.331. The van der Waals surface area contributed by atoms with Crippen LogP contribution in [0.4, 0.5) is 0 Å². The van der Waals surface area contributed by atoms with Gasteiger partial charge < -0.3 is 0 Å². The van der Waals surface area contributed by atoms with Crippen LogP contribution < -0.4 is 5.43 Å². The van der Waals surface area contributed by atoms with E-state index in [2.05, 4.69) is 22.3 Å². The molecule has 0 aliphatic carbocycles. The third-order valence-electron chi connectivity index (χ3n) is 1.04. The van der Waals surface area contributed by atoms with Gasteiger partial charge in [0.05, 0.1) is 0 Å². The minimum absolute atomic E-state index is 0.785. The van der Waals surface area contributed by atoms with Crippen LogP contribution in [0.5, 0.6) is 0 Å². The molecule has 0 aromatic heterocycles. The van der Waals surface area contributed by atoms with Gasteiger partial charge in [0.2, 0.25) is 0 Å². The first-order valence-corrected chi connectivity index (χ1v) is 2.63. The van der Waals surface area contributed by atoms with Gasteiger partial charge in [0.15, 0.2) is 0 Å². The van der Waals surface area contributed by atoms with Crippen LogP contribution in [0.1, 0.15) is 6.92 Å². The zero-order valence-electron chi connectivity index (χ0n) is 6.05. The second-order valence-corrected chi connectivity index (χ2v) is 1.57. The quantitative estimate of drug-likeness (QED) is 0.325. The summed E-state index contributed by atoms with van der Waals surface area (Å²) in [5.41, 5.74) is 2.86. The fourth-order valence-electron chi connectivity index (χ4n) is 0.331. The lowest BCUT2D eigenvalue weighted by atomic mass is 10.7. The first-order chi connectivity index (χ1) is 4.22. The zero-order chi connectivity index (χ0) is 7.28. The second kappa shape index (κ2) is 4.03. The lowest BCUT2D eigenvalue weighted by molar-refractivity contribution is 0.405. The number of amidine groups is 1. The van der Waals surface area contributed by atoms with Crippen LogP contribution in [0.2, 0.25) is 0 Å². The van der Waals surface area contributed by atoms with Crippen molar-refractivity contribution in [1.29, 1.82) is 0 Å². The number of nitrogens with one attached hydrogen (secondary N) is 1. The van der Waals surface area contributed by atoms with E-state index in [0.29, 0.717) is 0 Å². The molecule has 0 bridgehead atoms. The molecule has 0 atom stereocenters. The lowest BCUT2D eigenvalue weighted by Crippen LogP contribution is -2.34. The van der Waals surface area contributed by atoms with Gasteiger partial charge in [-0.1, -0.05) is 0 Å². The summed E-state index contributed by atoms with van der Waals surface area (Å²) < 4.78 is 0. The molecule has 0 radical (unpaired) electrons. The standard InChI is InChI=1S/C5H12N4/c1-5(8-6-2)9(4)7-3/h7H,2H2,1,3-4H3/b8-5-. The van der Waals surface area contributed by atoms with E-state index in [4.69, 9.17) is 0 Å². The Kier molecular flexibility index (Phi) is 3.62. The van der Waals surface area contributed by atoms with Crippen molar-refractivity contribution in [3.8, 4) is 0 Å². The molecular weight excluding hydrogens is 116 g/mol. The molecule has 0 aromatic carbocycles. The third kappa shape index (κ3) is 2.81. The van der Waals surface area contributed by atoms with E-state index in [0.717, 1.165) is 5.84 Å². The Hall–Kier alpha value is -0.900. The Morgan fingerprint density at radius 3 is 2.56 bits per heavy atom. The summed E-state index contributed by atoms with van der Waals surface area (Å²) in [4.78, 5) is 0. The first-order valence-electron chi connectivity index (χ1n) is 2.63. The van der Waals surface area contributed by atoms with Crippen LogP contribution in [0.3, 0.4) is 0 Å². The van der Waals surface area contributed by atoms with Crippen LogP contribution in [0.15, 0.2) is 10.2 Å². The summed E-state index contributed by atoms with van der Waals surface area (Å²) in [6, 6.07) is 0. The molecule has 0 fully saturated rings. The van der Waals surface area contributed by atoms with Crippen LogP contribution in [-0.4, -0.2) is 31.7 Å². The topological polar surface area (TPSA) is 40.0 Å². The number of hydrazine groups is 1. The molecule has 0 aliphatic rings. The molecule has 0 saturated heterocycles. The maximum absolute atomic E-state index is 3.69. The summed E-state index contributed by atoms with van der Waals surface area (Å²) in [6.07, 6.45) is 0. The van der Waals surface area contributed by atoms with Crippen molar-refractivity contribution in [2.45, 2.75) is 6.92 Å². The number of hydrogen-bond acceptors (Lipinski definition) is 3. The molecule has 0 saturated carbocycles. The van der Waals surface area contributed by atoms with Crippen LogP contribution in [0, 0.1) is 0 Å². The van der Waals surface area contributed by atoms with E-state index in [9.17, 15) is 0 Å². The molecule has 4 heteroatoms. The van der Waals surface area contributed by atoms with Crippen molar-refractivity contribution in [2.24, 2.45) is 10.2 Å². The van der Waals surface area contributed by atoms with Gasteiger partial charge >= 0.3 is 0 Å². The summed E-state index contributed by atoms with van der Waals surface area (Å²) in [6.45, 7) is 5.06. The van der Waals surface area contributed by atoms with Crippen LogP contribution in [-0.2, 0) is 0 Å². The molecule has 0 unspecified atom stereocenters. The van der Waals surface area contributed by atoms with E-state index < -0.39 is 0 Å². The highest BCUT2D eigenvalue weighted by molar-refractivity contribution is 5.78. The molecule has 0 rings (SSSR count). The normalized spacial score (nSPS) is 11.2. The Morgan fingerprint density at radius 2 is 2.22 bits per heavy atom. The first kappa shape index (κ1) is 8.10.